The topological polar surface area (TPSA) is 91.4 Å². The highest BCUT2D eigenvalue weighted by Crippen LogP contribution is 2.24. The van der Waals surface area contributed by atoms with Crippen molar-refractivity contribution in [2.45, 2.75) is 23.9 Å². The Morgan fingerprint density at radius 1 is 0.935 bits per heavy atom. The third-order valence-electron chi connectivity index (χ3n) is 4.88. The molecule has 3 aromatic rings. The zero-order valence-electron chi connectivity index (χ0n) is 17.7. The third-order valence-corrected chi connectivity index (χ3v) is 6.45. The Morgan fingerprint density at radius 3 is 2.13 bits per heavy atom. The highest BCUT2D eigenvalue weighted by Gasteiger charge is 2.26. The second kappa shape index (κ2) is 9.82. The van der Waals surface area contributed by atoms with Gasteiger partial charge in [0, 0.05) is 29.7 Å². The SMILES string of the molecule is C[C@@H](NS(=O)(=O)c1ccc(NC(=O)c2ccncc2)cc1)[C@@H](c1ccccc1)N(C)C. The van der Waals surface area contributed by atoms with Gasteiger partial charge < -0.3 is 10.2 Å². The molecule has 0 aliphatic carbocycles. The molecule has 31 heavy (non-hydrogen) atoms. The van der Waals surface area contributed by atoms with Crippen LogP contribution in [-0.4, -0.2) is 44.3 Å². The van der Waals surface area contributed by atoms with Crippen molar-refractivity contribution in [3.05, 3.63) is 90.3 Å². The standard InChI is InChI=1S/C23H26N4O3S/c1-17(22(27(2)3)18-7-5-4-6-8-18)26-31(29,30)21-11-9-20(10-12-21)25-23(28)19-13-15-24-16-14-19/h4-17,22,26H,1-3H3,(H,25,28)/t17-,22+/m1/s1. The van der Waals surface area contributed by atoms with Gasteiger partial charge in [-0.2, -0.15) is 0 Å². The monoisotopic (exact) mass is 438 g/mol. The molecular weight excluding hydrogens is 412 g/mol. The summed E-state index contributed by atoms with van der Waals surface area (Å²) in [6, 6.07) is 18.6. The summed E-state index contributed by atoms with van der Waals surface area (Å²) >= 11 is 0. The molecule has 162 valence electrons. The van der Waals surface area contributed by atoms with E-state index >= 15 is 0 Å². The fraction of sp³-hybridized carbons (Fsp3) is 0.217. The number of aromatic nitrogens is 1. The smallest absolute Gasteiger partial charge is 0.255 e. The fourth-order valence-corrected chi connectivity index (χ4v) is 4.73. The lowest BCUT2D eigenvalue weighted by molar-refractivity contribution is 0.102. The van der Waals surface area contributed by atoms with Crippen molar-refractivity contribution in [3.8, 4) is 0 Å². The van der Waals surface area contributed by atoms with E-state index in [0.29, 0.717) is 11.3 Å². The number of hydrogen-bond acceptors (Lipinski definition) is 5. The van der Waals surface area contributed by atoms with E-state index in [2.05, 4.69) is 15.0 Å². The number of carbonyl (C=O) groups is 1. The van der Waals surface area contributed by atoms with Gasteiger partial charge in [-0.1, -0.05) is 30.3 Å². The Balaban J connectivity index is 1.72. The Hall–Kier alpha value is -3.07. The fourth-order valence-electron chi connectivity index (χ4n) is 3.49. The summed E-state index contributed by atoms with van der Waals surface area (Å²) in [6.07, 6.45) is 3.07. The molecule has 0 unspecified atom stereocenters. The van der Waals surface area contributed by atoms with Crippen LogP contribution in [0.15, 0.2) is 84.0 Å². The summed E-state index contributed by atoms with van der Waals surface area (Å²) in [6.45, 7) is 1.85. The molecule has 1 heterocycles. The van der Waals surface area contributed by atoms with Gasteiger partial charge in [-0.3, -0.25) is 9.78 Å². The van der Waals surface area contributed by atoms with Crippen LogP contribution < -0.4 is 10.0 Å². The highest BCUT2D eigenvalue weighted by molar-refractivity contribution is 7.89. The largest absolute Gasteiger partial charge is 0.322 e. The van der Waals surface area contributed by atoms with Gasteiger partial charge in [0.25, 0.3) is 5.91 Å². The number of pyridine rings is 1. The highest BCUT2D eigenvalue weighted by atomic mass is 32.2. The Bertz CT molecular complexity index is 1100. The van der Waals surface area contributed by atoms with E-state index in [1.807, 2.05) is 56.3 Å². The van der Waals surface area contributed by atoms with Gasteiger partial charge in [0.1, 0.15) is 0 Å². The zero-order valence-corrected chi connectivity index (χ0v) is 18.5. The molecular formula is C23H26N4O3S. The molecule has 0 fully saturated rings. The lowest BCUT2D eigenvalue weighted by atomic mass is 10.0. The van der Waals surface area contributed by atoms with Crippen LogP contribution in [0.25, 0.3) is 0 Å². The first-order valence-electron chi connectivity index (χ1n) is 9.83. The summed E-state index contributed by atoms with van der Waals surface area (Å²) in [5.74, 6) is -0.290. The van der Waals surface area contributed by atoms with Crippen LogP contribution in [-0.2, 0) is 10.0 Å². The van der Waals surface area contributed by atoms with E-state index in [1.165, 1.54) is 24.5 Å². The molecule has 1 aromatic heterocycles. The number of nitrogens with zero attached hydrogens (tertiary/aromatic N) is 2. The van der Waals surface area contributed by atoms with Crippen LogP contribution in [0.1, 0.15) is 28.9 Å². The number of amides is 1. The maximum absolute atomic E-state index is 12.9. The molecule has 0 aliphatic rings. The molecule has 2 aromatic carbocycles. The van der Waals surface area contributed by atoms with Crippen LogP contribution in [0.4, 0.5) is 5.69 Å². The normalized spacial score (nSPS) is 13.5. The van der Waals surface area contributed by atoms with Crippen molar-refractivity contribution in [2.75, 3.05) is 19.4 Å². The second-order valence-electron chi connectivity index (χ2n) is 7.44. The number of sulfonamides is 1. The second-order valence-corrected chi connectivity index (χ2v) is 9.16. The number of nitrogens with one attached hydrogen (secondary N) is 2. The van der Waals surface area contributed by atoms with Crippen molar-refractivity contribution in [2.24, 2.45) is 0 Å². The Kier molecular flexibility index (Phi) is 7.17. The van der Waals surface area contributed by atoms with Gasteiger partial charge in [0.2, 0.25) is 10.0 Å². The molecule has 1 amide bonds. The van der Waals surface area contributed by atoms with Gasteiger partial charge in [-0.15, -0.1) is 0 Å². The first-order chi connectivity index (χ1) is 14.8. The molecule has 2 atom stereocenters. The first kappa shape index (κ1) is 22.6. The molecule has 0 bridgehead atoms. The van der Waals surface area contributed by atoms with Crippen LogP contribution in [0.2, 0.25) is 0 Å². The minimum atomic E-state index is -3.74. The molecule has 0 radical (unpaired) electrons. The van der Waals surface area contributed by atoms with Crippen LogP contribution in [0, 0.1) is 0 Å². The summed E-state index contributed by atoms with van der Waals surface area (Å²) in [5, 5.41) is 2.74. The lowest BCUT2D eigenvalue weighted by Gasteiger charge is -2.31. The van der Waals surface area contributed by atoms with Crippen molar-refractivity contribution in [1.29, 1.82) is 0 Å². The number of anilines is 1. The zero-order chi connectivity index (χ0) is 22.4. The maximum atomic E-state index is 12.9. The van der Waals surface area contributed by atoms with Crippen LogP contribution >= 0.6 is 0 Å². The summed E-state index contributed by atoms with van der Waals surface area (Å²) in [7, 11) is 0.0977. The lowest BCUT2D eigenvalue weighted by Crippen LogP contribution is -2.42. The van der Waals surface area contributed by atoms with Crippen molar-refractivity contribution < 1.29 is 13.2 Å². The van der Waals surface area contributed by atoms with Gasteiger partial charge in [-0.05, 0) is 63.0 Å². The molecule has 3 rings (SSSR count). The van der Waals surface area contributed by atoms with Gasteiger partial charge in [-0.25, -0.2) is 13.1 Å². The van der Waals surface area contributed by atoms with Gasteiger partial charge in [0.15, 0.2) is 0 Å². The number of carbonyl (C=O) groups excluding carboxylic acids is 1. The quantitative estimate of drug-likeness (QED) is 0.563. The van der Waals surface area contributed by atoms with E-state index in [1.54, 1.807) is 24.3 Å². The number of benzene rings is 2. The first-order valence-corrected chi connectivity index (χ1v) is 11.3. The predicted molar refractivity (Wildman–Crippen MR) is 121 cm³/mol. The predicted octanol–water partition coefficient (Wildman–Crippen LogP) is 3.30. The van der Waals surface area contributed by atoms with Crippen LogP contribution in [0.3, 0.4) is 0 Å². The molecule has 0 saturated carbocycles. The Labute approximate surface area is 183 Å². The minimum absolute atomic E-state index is 0.130. The number of rotatable bonds is 8. The van der Waals surface area contributed by atoms with E-state index in [9.17, 15) is 13.2 Å². The minimum Gasteiger partial charge on any atom is -0.322 e. The Morgan fingerprint density at radius 2 is 1.55 bits per heavy atom. The van der Waals surface area contributed by atoms with Crippen LogP contribution in [0.5, 0.6) is 0 Å². The van der Waals surface area contributed by atoms with E-state index in [-0.39, 0.29) is 22.9 Å². The van der Waals surface area contributed by atoms with Crippen molar-refractivity contribution in [3.63, 3.8) is 0 Å². The molecule has 2 N–H and O–H groups in total. The summed E-state index contributed by atoms with van der Waals surface area (Å²) in [5.41, 5.74) is 2.00. The molecule has 0 aliphatic heterocycles. The molecule has 0 spiro atoms. The van der Waals surface area contributed by atoms with E-state index in [0.717, 1.165) is 5.56 Å². The third kappa shape index (κ3) is 5.75. The van der Waals surface area contributed by atoms with Crippen molar-refractivity contribution >= 4 is 21.6 Å². The summed E-state index contributed by atoms with van der Waals surface area (Å²) < 4.78 is 28.6. The van der Waals surface area contributed by atoms with E-state index in [4.69, 9.17) is 0 Å². The van der Waals surface area contributed by atoms with Crippen molar-refractivity contribution in [1.82, 2.24) is 14.6 Å². The number of hydrogen-bond donors (Lipinski definition) is 2. The average molecular weight is 439 g/mol. The molecule has 8 heteroatoms. The van der Waals surface area contributed by atoms with Gasteiger partial charge >= 0.3 is 0 Å². The van der Waals surface area contributed by atoms with E-state index < -0.39 is 10.0 Å². The summed E-state index contributed by atoms with van der Waals surface area (Å²) in [4.78, 5) is 18.2. The maximum Gasteiger partial charge on any atom is 0.255 e. The average Bonchev–Trinajstić information content (AvgIpc) is 2.75. The number of likely N-dealkylation sites (N-methyl/N-ethyl adjacent to an activating group) is 1. The molecule has 7 nitrogen and oxygen atoms in total. The molecule has 0 saturated heterocycles. The van der Waals surface area contributed by atoms with Gasteiger partial charge in [0.05, 0.1) is 10.9 Å².